The van der Waals surface area contributed by atoms with Crippen molar-refractivity contribution in [1.82, 2.24) is 18.3 Å². The van der Waals surface area contributed by atoms with Crippen molar-refractivity contribution in [3.63, 3.8) is 0 Å². The fraction of sp³-hybridized carbons (Fsp3) is 0. The summed E-state index contributed by atoms with van der Waals surface area (Å²) in [5.41, 5.74) is 14.2. The fourth-order valence-corrected chi connectivity index (χ4v) is 11.4. The number of nitriles is 2. The van der Waals surface area contributed by atoms with Crippen LogP contribution < -0.4 is 0 Å². The highest BCUT2D eigenvalue weighted by atomic mass is 15.1. The highest BCUT2D eigenvalue weighted by Crippen LogP contribution is 2.49. The highest BCUT2D eigenvalue weighted by Gasteiger charge is 2.30. The van der Waals surface area contributed by atoms with Gasteiger partial charge in [0.05, 0.1) is 72.7 Å². The van der Waals surface area contributed by atoms with E-state index in [0.717, 1.165) is 115 Å². The third-order valence-corrected chi connectivity index (χ3v) is 14.0. The van der Waals surface area contributed by atoms with Crippen LogP contribution in [0.1, 0.15) is 11.1 Å². The van der Waals surface area contributed by atoms with Crippen LogP contribution in [-0.4, -0.2) is 18.3 Å². The highest BCUT2D eigenvalue weighted by molar-refractivity contribution is 6.28. The number of rotatable bonds is 5. The summed E-state index contributed by atoms with van der Waals surface area (Å²) in [5, 5.41) is 31.7. The van der Waals surface area contributed by atoms with Crippen LogP contribution in [0.3, 0.4) is 0 Å². The molecule has 68 heavy (non-hydrogen) atoms. The lowest BCUT2D eigenvalue weighted by Gasteiger charge is -2.23. The molecule has 0 unspecified atom stereocenters. The van der Waals surface area contributed by atoms with Crippen LogP contribution in [0.2, 0.25) is 0 Å². The summed E-state index contributed by atoms with van der Waals surface area (Å²) < 4.78 is 9.41. The second-order valence-electron chi connectivity index (χ2n) is 17.4. The minimum absolute atomic E-state index is 0.396. The van der Waals surface area contributed by atoms with E-state index in [9.17, 15) is 10.5 Å². The smallest absolute Gasteiger partial charge is 0.101 e. The third kappa shape index (κ3) is 5.09. The summed E-state index contributed by atoms with van der Waals surface area (Å²) in [6.07, 6.45) is 0. The van der Waals surface area contributed by atoms with Crippen LogP contribution in [0.5, 0.6) is 0 Å². The Morgan fingerprint density at radius 2 is 0.676 bits per heavy atom. The molecule has 0 atom stereocenters. The van der Waals surface area contributed by atoms with E-state index in [4.69, 9.17) is 0 Å². The largest absolute Gasteiger partial charge is 0.309 e. The molecule has 0 saturated carbocycles. The van der Waals surface area contributed by atoms with Crippen LogP contribution in [0, 0.1) is 22.7 Å². The number of nitrogens with zero attached hydrogens (tertiary/aromatic N) is 6. The molecule has 14 aromatic rings. The normalized spacial score (nSPS) is 11.8. The van der Waals surface area contributed by atoms with Crippen molar-refractivity contribution in [3.05, 3.63) is 230 Å². The van der Waals surface area contributed by atoms with Crippen molar-refractivity contribution < 1.29 is 0 Å². The van der Waals surface area contributed by atoms with Gasteiger partial charge in [0.15, 0.2) is 0 Å². The SMILES string of the molecule is N#Cc1cc(C#N)c(-n2c3ccccc3c3ccc4c(c5ccccc5n4-c4ccccc4)c32)c(-n2c3ccccc3c3ccc4c(c5ccccc5n4-c4ccccc4)c32)c1-c1ccccc1. The second-order valence-corrected chi connectivity index (χ2v) is 17.4. The molecule has 14 rings (SSSR count). The molecular weight excluding hydrogens is 829 g/mol. The molecule has 4 heterocycles. The molecule has 314 valence electrons. The Kier molecular flexibility index (Phi) is 8.01. The first-order valence-electron chi connectivity index (χ1n) is 22.8. The first kappa shape index (κ1) is 37.7. The number of hydrogen-bond acceptors (Lipinski definition) is 2. The van der Waals surface area contributed by atoms with Crippen LogP contribution in [0.4, 0.5) is 0 Å². The van der Waals surface area contributed by atoms with Gasteiger partial charge in [0, 0.05) is 60.0 Å². The summed E-state index contributed by atoms with van der Waals surface area (Å²) in [6, 6.07) is 81.7. The number of para-hydroxylation sites is 6. The zero-order valence-corrected chi connectivity index (χ0v) is 36.5. The molecule has 0 saturated heterocycles. The van der Waals surface area contributed by atoms with Gasteiger partial charge in [-0.1, -0.05) is 152 Å². The maximum Gasteiger partial charge on any atom is 0.101 e. The van der Waals surface area contributed by atoms with Crippen LogP contribution >= 0.6 is 0 Å². The summed E-state index contributed by atoms with van der Waals surface area (Å²) in [4.78, 5) is 0. The van der Waals surface area contributed by atoms with Crippen molar-refractivity contribution in [3.8, 4) is 46.0 Å². The van der Waals surface area contributed by atoms with Gasteiger partial charge in [0.1, 0.15) is 6.07 Å². The molecule has 0 N–H and O–H groups in total. The molecule has 0 aliphatic heterocycles. The van der Waals surface area contributed by atoms with Gasteiger partial charge in [0.2, 0.25) is 0 Å². The van der Waals surface area contributed by atoms with Gasteiger partial charge in [-0.3, -0.25) is 0 Å². The van der Waals surface area contributed by atoms with Gasteiger partial charge in [-0.15, -0.1) is 0 Å². The molecule has 0 spiro atoms. The van der Waals surface area contributed by atoms with E-state index in [1.807, 2.05) is 18.2 Å². The minimum Gasteiger partial charge on any atom is -0.309 e. The van der Waals surface area contributed by atoms with Gasteiger partial charge in [-0.2, -0.15) is 10.5 Å². The topological polar surface area (TPSA) is 67.3 Å². The Morgan fingerprint density at radius 1 is 0.294 bits per heavy atom. The number of fused-ring (bicyclic) bond motifs is 14. The Balaban J connectivity index is 1.27. The Hall–Kier alpha value is -9.62. The molecule has 0 bridgehead atoms. The minimum atomic E-state index is 0.396. The van der Waals surface area contributed by atoms with Gasteiger partial charge in [-0.05, 0) is 72.3 Å². The molecular formula is C62H36N6. The van der Waals surface area contributed by atoms with E-state index < -0.39 is 0 Å². The van der Waals surface area contributed by atoms with Crippen LogP contribution in [0.25, 0.3) is 121 Å². The van der Waals surface area contributed by atoms with E-state index in [1.54, 1.807) is 6.07 Å². The van der Waals surface area contributed by atoms with Crippen LogP contribution in [-0.2, 0) is 0 Å². The third-order valence-electron chi connectivity index (χ3n) is 14.0. The predicted octanol–water partition coefficient (Wildman–Crippen LogP) is 15.5. The quantitative estimate of drug-likeness (QED) is 0.173. The lowest BCUT2D eigenvalue weighted by atomic mass is 9.93. The zero-order chi connectivity index (χ0) is 45.0. The van der Waals surface area contributed by atoms with E-state index >= 15 is 0 Å². The second kappa shape index (κ2) is 14.4. The van der Waals surface area contributed by atoms with Gasteiger partial charge >= 0.3 is 0 Å². The Morgan fingerprint density at radius 3 is 1.13 bits per heavy atom. The standard InChI is InChI=1S/C62H36N6/c63-37-40-36-41(38-64)59(67-50-28-14-10-24-44(50)46-32-34-54-57(60(46)67)48-26-12-16-30-52(48)65(54)42-20-6-2-7-21-42)62(56(40)39-18-4-1-5-19-39)68-51-29-15-11-25-45(51)47-33-35-55-58(61(47)68)49-27-13-17-31-53(49)66(55)43-22-8-3-9-23-43/h1-36H. The first-order chi connectivity index (χ1) is 33.7. The summed E-state index contributed by atoms with van der Waals surface area (Å²) in [6.45, 7) is 0. The molecule has 0 amide bonds. The zero-order valence-electron chi connectivity index (χ0n) is 36.5. The van der Waals surface area contributed by atoms with Crippen molar-refractivity contribution in [2.24, 2.45) is 0 Å². The summed E-state index contributed by atoms with van der Waals surface area (Å²) >= 11 is 0. The number of hydrogen-bond donors (Lipinski definition) is 0. The molecule has 0 aliphatic carbocycles. The summed E-state index contributed by atoms with van der Waals surface area (Å²) in [7, 11) is 0. The summed E-state index contributed by atoms with van der Waals surface area (Å²) in [5.74, 6) is 0. The van der Waals surface area contributed by atoms with Crippen LogP contribution in [0.15, 0.2) is 218 Å². The van der Waals surface area contributed by atoms with Gasteiger partial charge in [-0.25, -0.2) is 0 Å². The Bertz CT molecular complexity index is 4500. The van der Waals surface area contributed by atoms with E-state index in [0.29, 0.717) is 16.8 Å². The number of benzene rings is 10. The van der Waals surface area contributed by atoms with Gasteiger partial charge in [0.25, 0.3) is 0 Å². The predicted molar refractivity (Wildman–Crippen MR) is 279 cm³/mol. The van der Waals surface area contributed by atoms with E-state index in [2.05, 4.69) is 225 Å². The molecule has 6 heteroatoms. The Labute approximate surface area is 389 Å². The lowest BCUT2D eigenvalue weighted by Crippen LogP contribution is -2.10. The molecule has 10 aromatic carbocycles. The lowest BCUT2D eigenvalue weighted by molar-refractivity contribution is 1.09. The monoisotopic (exact) mass is 864 g/mol. The maximum absolute atomic E-state index is 11.7. The van der Waals surface area contributed by atoms with E-state index in [1.165, 1.54) is 0 Å². The maximum atomic E-state index is 11.7. The van der Waals surface area contributed by atoms with Crippen molar-refractivity contribution >= 4 is 87.2 Å². The number of aromatic nitrogens is 4. The van der Waals surface area contributed by atoms with Gasteiger partial charge < -0.3 is 18.3 Å². The molecule has 0 fully saturated rings. The molecule has 0 aliphatic rings. The van der Waals surface area contributed by atoms with Crippen molar-refractivity contribution in [1.29, 1.82) is 10.5 Å². The first-order valence-corrected chi connectivity index (χ1v) is 22.8. The molecule has 0 radical (unpaired) electrons. The fourth-order valence-electron chi connectivity index (χ4n) is 11.4. The van der Waals surface area contributed by atoms with Crippen molar-refractivity contribution in [2.45, 2.75) is 0 Å². The average molecular weight is 865 g/mol. The average Bonchev–Trinajstić information content (AvgIpc) is 4.13. The molecule has 4 aromatic heterocycles. The van der Waals surface area contributed by atoms with E-state index in [-0.39, 0.29) is 0 Å². The van der Waals surface area contributed by atoms with Crippen molar-refractivity contribution in [2.75, 3.05) is 0 Å². The molecule has 6 nitrogen and oxygen atoms in total.